The molecule has 1 saturated carbocycles. The van der Waals surface area contributed by atoms with Crippen molar-refractivity contribution >= 4 is 5.97 Å². The fourth-order valence-corrected chi connectivity index (χ4v) is 3.27. The van der Waals surface area contributed by atoms with Crippen LogP contribution in [-0.2, 0) is 4.79 Å². The third kappa shape index (κ3) is 4.30. The van der Waals surface area contributed by atoms with E-state index in [1.807, 2.05) is 0 Å². The second-order valence-corrected chi connectivity index (χ2v) is 6.22. The van der Waals surface area contributed by atoms with E-state index in [1.165, 1.54) is 19.3 Å². The van der Waals surface area contributed by atoms with Crippen LogP contribution in [0.3, 0.4) is 0 Å². The molecule has 1 rings (SSSR count). The van der Waals surface area contributed by atoms with Gasteiger partial charge in [0.1, 0.15) is 0 Å². The van der Waals surface area contributed by atoms with E-state index in [0.29, 0.717) is 23.9 Å². The fraction of sp³-hybridized carbons (Fsp3) is 0.929. The summed E-state index contributed by atoms with van der Waals surface area (Å²) in [6, 6.07) is 0.576. The number of rotatable bonds is 5. The van der Waals surface area contributed by atoms with Crippen LogP contribution in [0.2, 0.25) is 0 Å². The lowest BCUT2D eigenvalue weighted by atomic mass is 9.70. The normalized spacial score (nSPS) is 28.3. The smallest absolute Gasteiger partial charge is 0.304 e. The van der Waals surface area contributed by atoms with Gasteiger partial charge in [-0.05, 0) is 37.1 Å². The van der Waals surface area contributed by atoms with Gasteiger partial charge in [-0.15, -0.1) is 0 Å². The van der Waals surface area contributed by atoms with E-state index >= 15 is 0 Å². The van der Waals surface area contributed by atoms with Gasteiger partial charge in [0.25, 0.3) is 0 Å². The first-order chi connectivity index (χ1) is 7.85. The SMILES string of the molecule is CCN(CCC(=O)O)C1CCC(C)(C)CC1C. The van der Waals surface area contributed by atoms with Gasteiger partial charge < -0.3 is 5.11 Å². The zero-order valence-electron chi connectivity index (χ0n) is 11.7. The molecule has 0 radical (unpaired) electrons. The molecule has 0 aliphatic heterocycles. The summed E-state index contributed by atoms with van der Waals surface area (Å²) in [6.45, 7) is 10.8. The minimum Gasteiger partial charge on any atom is -0.481 e. The van der Waals surface area contributed by atoms with Crippen LogP contribution in [0.15, 0.2) is 0 Å². The molecule has 1 N–H and O–H groups in total. The molecule has 1 fully saturated rings. The molecular weight excluding hydrogens is 214 g/mol. The molecule has 0 amide bonds. The lowest BCUT2D eigenvalue weighted by molar-refractivity contribution is -0.137. The number of hydrogen-bond acceptors (Lipinski definition) is 2. The van der Waals surface area contributed by atoms with Crippen molar-refractivity contribution < 1.29 is 9.90 Å². The molecule has 0 aromatic rings. The van der Waals surface area contributed by atoms with E-state index in [-0.39, 0.29) is 6.42 Å². The van der Waals surface area contributed by atoms with Gasteiger partial charge in [0.05, 0.1) is 6.42 Å². The predicted molar refractivity (Wildman–Crippen MR) is 70.1 cm³/mol. The standard InChI is InChI=1S/C14H27NO2/c1-5-15(9-7-13(16)17)12-6-8-14(3,4)10-11(12)2/h11-12H,5-10H2,1-4H3,(H,16,17). The van der Waals surface area contributed by atoms with E-state index in [4.69, 9.17) is 5.11 Å². The molecule has 1 aliphatic rings. The summed E-state index contributed by atoms with van der Waals surface area (Å²) in [6.07, 6.45) is 3.98. The first kappa shape index (κ1) is 14.5. The van der Waals surface area contributed by atoms with E-state index in [2.05, 4.69) is 32.6 Å². The van der Waals surface area contributed by atoms with Crippen LogP contribution < -0.4 is 0 Å². The number of carbonyl (C=O) groups is 1. The highest BCUT2D eigenvalue weighted by Gasteiger charge is 2.34. The van der Waals surface area contributed by atoms with Crippen LogP contribution in [0.5, 0.6) is 0 Å². The molecular formula is C14H27NO2. The Kier molecular flexibility index (Phi) is 4.99. The zero-order valence-corrected chi connectivity index (χ0v) is 11.7. The van der Waals surface area contributed by atoms with Crippen LogP contribution in [0.4, 0.5) is 0 Å². The van der Waals surface area contributed by atoms with Crippen molar-refractivity contribution in [2.45, 2.75) is 59.4 Å². The highest BCUT2D eigenvalue weighted by Crippen LogP contribution is 2.40. The van der Waals surface area contributed by atoms with Gasteiger partial charge in [0, 0.05) is 12.6 Å². The fourth-order valence-electron chi connectivity index (χ4n) is 3.27. The minimum absolute atomic E-state index is 0.264. The zero-order chi connectivity index (χ0) is 13.1. The van der Waals surface area contributed by atoms with Crippen molar-refractivity contribution in [1.82, 2.24) is 4.90 Å². The average Bonchev–Trinajstić information content (AvgIpc) is 2.20. The van der Waals surface area contributed by atoms with Crippen LogP contribution in [0.25, 0.3) is 0 Å². The maximum absolute atomic E-state index is 10.7. The molecule has 0 spiro atoms. The van der Waals surface area contributed by atoms with Gasteiger partial charge in [-0.2, -0.15) is 0 Å². The van der Waals surface area contributed by atoms with Crippen molar-refractivity contribution in [2.24, 2.45) is 11.3 Å². The molecule has 2 unspecified atom stereocenters. The number of hydrogen-bond donors (Lipinski definition) is 1. The van der Waals surface area contributed by atoms with Crippen LogP contribution in [0.1, 0.15) is 53.4 Å². The predicted octanol–water partition coefficient (Wildman–Crippen LogP) is 3.00. The Morgan fingerprint density at radius 2 is 2.12 bits per heavy atom. The van der Waals surface area contributed by atoms with Crippen molar-refractivity contribution in [3.8, 4) is 0 Å². The van der Waals surface area contributed by atoms with Crippen molar-refractivity contribution in [3.63, 3.8) is 0 Å². The molecule has 3 heteroatoms. The molecule has 100 valence electrons. The van der Waals surface area contributed by atoms with Crippen molar-refractivity contribution in [3.05, 3.63) is 0 Å². The molecule has 0 bridgehead atoms. The van der Waals surface area contributed by atoms with Crippen LogP contribution >= 0.6 is 0 Å². The molecule has 0 saturated heterocycles. The van der Waals surface area contributed by atoms with Gasteiger partial charge in [-0.3, -0.25) is 9.69 Å². The second-order valence-electron chi connectivity index (χ2n) is 6.22. The lowest BCUT2D eigenvalue weighted by Crippen LogP contribution is -2.45. The number of nitrogens with zero attached hydrogens (tertiary/aromatic N) is 1. The Morgan fingerprint density at radius 1 is 1.47 bits per heavy atom. The summed E-state index contributed by atoms with van der Waals surface area (Å²) in [5, 5.41) is 8.78. The average molecular weight is 241 g/mol. The number of aliphatic carboxylic acids is 1. The molecule has 0 heterocycles. The Labute approximate surface area is 105 Å². The van der Waals surface area contributed by atoms with Gasteiger partial charge in [-0.1, -0.05) is 27.7 Å². The largest absolute Gasteiger partial charge is 0.481 e. The Balaban J connectivity index is 2.54. The molecule has 2 atom stereocenters. The summed E-state index contributed by atoms with van der Waals surface area (Å²) in [5.41, 5.74) is 0.460. The topological polar surface area (TPSA) is 40.5 Å². The summed E-state index contributed by atoms with van der Waals surface area (Å²) >= 11 is 0. The second kappa shape index (κ2) is 5.85. The summed E-state index contributed by atoms with van der Waals surface area (Å²) in [5.74, 6) is -0.0141. The first-order valence-corrected chi connectivity index (χ1v) is 6.81. The highest BCUT2D eigenvalue weighted by atomic mass is 16.4. The quantitative estimate of drug-likeness (QED) is 0.804. The van der Waals surface area contributed by atoms with E-state index in [1.54, 1.807) is 0 Å². The summed E-state index contributed by atoms with van der Waals surface area (Å²) < 4.78 is 0. The van der Waals surface area contributed by atoms with E-state index in [0.717, 1.165) is 6.54 Å². The summed E-state index contributed by atoms with van der Waals surface area (Å²) in [7, 11) is 0. The molecule has 17 heavy (non-hydrogen) atoms. The molecule has 3 nitrogen and oxygen atoms in total. The van der Waals surface area contributed by atoms with E-state index in [9.17, 15) is 4.79 Å². The lowest BCUT2D eigenvalue weighted by Gasteiger charge is -2.44. The number of carboxylic acids is 1. The minimum atomic E-state index is -0.688. The molecule has 0 aromatic carbocycles. The first-order valence-electron chi connectivity index (χ1n) is 6.81. The number of carboxylic acid groups (broad SMARTS) is 1. The van der Waals surface area contributed by atoms with Crippen molar-refractivity contribution in [2.75, 3.05) is 13.1 Å². The Bertz CT molecular complexity index is 263. The van der Waals surface area contributed by atoms with Gasteiger partial charge in [0.15, 0.2) is 0 Å². The van der Waals surface area contributed by atoms with Crippen LogP contribution in [-0.4, -0.2) is 35.1 Å². The maximum atomic E-state index is 10.7. The highest BCUT2D eigenvalue weighted by molar-refractivity contribution is 5.66. The van der Waals surface area contributed by atoms with Crippen molar-refractivity contribution in [1.29, 1.82) is 0 Å². The third-order valence-electron chi connectivity index (χ3n) is 4.14. The van der Waals surface area contributed by atoms with E-state index < -0.39 is 5.97 Å². The van der Waals surface area contributed by atoms with Gasteiger partial charge in [-0.25, -0.2) is 0 Å². The summed E-state index contributed by atoms with van der Waals surface area (Å²) in [4.78, 5) is 13.0. The Morgan fingerprint density at radius 3 is 2.59 bits per heavy atom. The van der Waals surface area contributed by atoms with Crippen LogP contribution in [0, 0.1) is 11.3 Å². The Hall–Kier alpha value is -0.570. The maximum Gasteiger partial charge on any atom is 0.304 e. The molecule has 1 aliphatic carbocycles. The monoisotopic (exact) mass is 241 g/mol. The molecule has 0 aromatic heterocycles. The van der Waals surface area contributed by atoms with Gasteiger partial charge in [0.2, 0.25) is 0 Å². The third-order valence-corrected chi connectivity index (χ3v) is 4.14. The van der Waals surface area contributed by atoms with Gasteiger partial charge >= 0.3 is 5.97 Å².